The van der Waals surface area contributed by atoms with Crippen LogP contribution in [0.15, 0.2) is 54.6 Å². The van der Waals surface area contributed by atoms with Crippen LogP contribution in [0.4, 0.5) is 5.69 Å². The molecule has 0 radical (unpaired) electrons. The lowest BCUT2D eigenvalue weighted by molar-refractivity contribution is -0.120. The zero-order chi connectivity index (χ0) is 21.6. The maximum Gasteiger partial charge on any atom is 0.250 e. The van der Waals surface area contributed by atoms with E-state index in [2.05, 4.69) is 5.32 Å². The number of anilines is 1. The van der Waals surface area contributed by atoms with Gasteiger partial charge in [0.2, 0.25) is 15.9 Å². The van der Waals surface area contributed by atoms with Gasteiger partial charge in [-0.15, -0.1) is 0 Å². The molecule has 3 rings (SSSR count). The Hall–Kier alpha value is -2.71. The fourth-order valence-corrected chi connectivity index (χ4v) is 5.27. The highest BCUT2D eigenvalue weighted by Crippen LogP contribution is 2.23. The zero-order valence-corrected chi connectivity index (χ0v) is 17.6. The normalized spacial score (nSPS) is 17.4. The van der Waals surface area contributed by atoms with Gasteiger partial charge in [0, 0.05) is 13.1 Å². The molecule has 0 spiro atoms. The maximum absolute atomic E-state index is 12.8. The fourth-order valence-electron chi connectivity index (χ4n) is 3.68. The van der Waals surface area contributed by atoms with Crippen molar-refractivity contribution in [1.82, 2.24) is 4.31 Å². The number of aryl methyl sites for hydroxylation is 1. The molecule has 1 atom stereocenters. The van der Waals surface area contributed by atoms with Crippen LogP contribution in [0.5, 0.6) is 0 Å². The summed E-state index contributed by atoms with van der Waals surface area (Å²) in [6.07, 6.45) is 2.45. The summed E-state index contributed by atoms with van der Waals surface area (Å²) in [5.41, 5.74) is 7.04. The van der Waals surface area contributed by atoms with E-state index in [4.69, 9.17) is 5.73 Å². The summed E-state index contributed by atoms with van der Waals surface area (Å²) >= 11 is 0. The Morgan fingerprint density at radius 1 is 1.07 bits per heavy atom. The highest BCUT2D eigenvalue weighted by molar-refractivity contribution is 7.89. The quantitative estimate of drug-likeness (QED) is 0.671. The molecule has 1 aliphatic heterocycles. The molecule has 7 nitrogen and oxygen atoms in total. The molecule has 0 saturated carbocycles. The van der Waals surface area contributed by atoms with Gasteiger partial charge in [0.25, 0.3) is 5.91 Å². The van der Waals surface area contributed by atoms with Crippen molar-refractivity contribution in [2.45, 2.75) is 25.7 Å². The number of carbonyl (C=O) groups is 2. The van der Waals surface area contributed by atoms with Gasteiger partial charge in [-0.25, -0.2) is 12.7 Å². The number of sulfonamides is 1. The van der Waals surface area contributed by atoms with Crippen molar-refractivity contribution in [2.75, 3.05) is 24.2 Å². The molecule has 2 aromatic carbocycles. The van der Waals surface area contributed by atoms with Crippen LogP contribution in [-0.2, 0) is 21.2 Å². The predicted octanol–water partition coefficient (Wildman–Crippen LogP) is 2.40. The van der Waals surface area contributed by atoms with Crippen LogP contribution >= 0.6 is 0 Å². The van der Waals surface area contributed by atoms with E-state index >= 15 is 0 Å². The largest absolute Gasteiger partial charge is 0.366 e. The minimum atomic E-state index is -3.44. The first kappa shape index (κ1) is 22.0. The Balaban J connectivity index is 1.59. The molecule has 0 unspecified atom stereocenters. The topological polar surface area (TPSA) is 110 Å². The van der Waals surface area contributed by atoms with Crippen molar-refractivity contribution in [3.05, 3.63) is 65.7 Å². The summed E-state index contributed by atoms with van der Waals surface area (Å²) in [7, 11) is -3.44. The van der Waals surface area contributed by atoms with E-state index in [-0.39, 0.29) is 23.8 Å². The molecule has 160 valence electrons. The molecule has 0 aromatic heterocycles. The van der Waals surface area contributed by atoms with Gasteiger partial charge in [0.1, 0.15) is 0 Å². The Labute approximate surface area is 177 Å². The fraction of sp³-hybridized carbons (Fsp3) is 0.364. The second-order valence-electron chi connectivity index (χ2n) is 7.50. The van der Waals surface area contributed by atoms with Gasteiger partial charge >= 0.3 is 0 Å². The number of nitrogens with one attached hydrogen (secondary N) is 1. The van der Waals surface area contributed by atoms with Gasteiger partial charge in [-0.1, -0.05) is 42.5 Å². The summed E-state index contributed by atoms with van der Waals surface area (Å²) in [6, 6.07) is 16.3. The highest BCUT2D eigenvalue weighted by atomic mass is 32.2. The predicted molar refractivity (Wildman–Crippen MR) is 116 cm³/mol. The lowest BCUT2D eigenvalue weighted by Gasteiger charge is -2.31. The minimum Gasteiger partial charge on any atom is -0.366 e. The molecular formula is C22H27N3O4S. The lowest BCUT2D eigenvalue weighted by Crippen LogP contribution is -2.44. The number of nitrogens with two attached hydrogens (primary N) is 1. The molecule has 0 aliphatic carbocycles. The molecule has 2 aromatic rings. The first-order valence-electron chi connectivity index (χ1n) is 10.1. The van der Waals surface area contributed by atoms with Gasteiger partial charge in [-0.05, 0) is 43.4 Å². The number of nitrogens with zero attached hydrogens (tertiary/aromatic N) is 1. The standard InChI is InChI=1S/C22H27N3O4S/c23-21(26)19-12-4-5-13-20(19)24-22(27)18-11-6-14-25(16-18)30(28,29)15-7-10-17-8-2-1-3-9-17/h1-5,8-9,12-13,18H,6-7,10-11,14-16H2,(H2,23,26)(H,24,27)/t18-/m0/s1. The molecule has 30 heavy (non-hydrogen) atoms. The van der Waals surface area contributed by atoms with Gasteiger partial charge in [-0.2, -0.15) is 0 Å². The Morgan fingerprint density at radius 2 is 1.77 bits per heavy atom. The first-order valence-corrected chi connectivity index (χ1v) is 11.7. The SMILES string of the molecule is NC(=O)c1ccccc1NC(=O)[C@H]1CCCN(S(=O)(=O)CCCc2ccccc2)C1. The van der Waals surface area contributed by atoms with E-state index < -0.39 is 21.8 Å². The number of hydrogen-bond acceptors (Lipinski definition) is 4. The molecule has 1 heterocycles. The van der Waals surface area contributed by atoms with E-state index in [0.717, 1.165) is 5.56 Å². The van der Waals surface area contributed by atoms with Gasteiger partial charge < -0.3 is 11.1 Å². The average molecular weight is 430 g/mol. The summed E-state index contributed by atoms with van der Waals surface area (Å²) in [6.45, 7) is 0.577. The van der Waals surface area contributed by atoms with Crippen LogP contribution in [0, 0.1) is 5.92 Å². The summed E-state index contributed by atoms with van der Waals surface area (Å²) in [5, 5.41) is 2.74. The number of para-hydroxylation sites is 1. The molecule has 3 N–H and O–H groups in total. The highest BCUT2D eigenvalue weighted by Gasteiger charge is 2.32. The number of hydrogen-bond donors (Lipinski definition) is 2. The number of rotatable bonds is 8. The number of primary amides is 1. The summed E-state index contributed by atoms with van der Waals surface area (Å²) < 4.78 is 27.0. The van der Waals surface area contributed by atoms with Gasteiger partial charge in [-0.3, -0.25) is 9.59 Å². The van der Waals surface area contributed by atoms with Crippen molar-refractivity contribution < 1.29 is 18.0 Å². The van der Waals surface area contributed by atoms with E-state index in [0.29, 0.717) is 37.9 Å². The van der Waals surface area contributed by atoms with Crippen molar-refractivity contribution in [3.8, 4) is 0 Å². The monoisotopic (exact) mass is 429 g/mol. The number of piperidine rings is 1. The molecule has 8 heteroatoms. The lowest BCUT2D eigenvalue weighted by atomic mass is 9.98. The molecule has 1 aliphatic rings. The summed E-state index contributed by atoms with van der Waals surface area (Å²) in [5.74, 6) is -1.34. The van der Waals surface area contributed by atoms with E-state index in [1.807, 2.05) is 30.3 Å². The third-order valence-electron chi connectivity index (χ3n) is 5.31. The Bertz CT molecular complexity index is 992. The van der Waals surface area contributed by atoms with Gasteiger partial charge in [0.05, 0.1) is 22.9 Å². The number of carbonyl (C=O) groups excluding carboxylic acids is 2. The zero-order valence-electron chi connectivity index (χ0n) is 16.8. The summed E-state index contributed by atoms with van der Waals surface area (Å²) in [4.78, 5) is 24.3. The molecule has 1 fully saturated rings. The van der Waals surface area contributed by atoms with Gasteiger partial charge in [0.15, 0.2) is 0 Å². The maximum atomic E-state index is 12.8. The number of amides is 2. The van der Waals surface area contributed by atoms with Crippen molar-refractivity contribution in [2.24, 2.45) is 11.7 Å². The average Bonchev–Trinajstić information content (AvgIpc) is 2.74. The third kappa shape index (κ3) is 5.67. The van der Waals surface area contributed by atoms with Crippen LogP contribution in [0.3, 0.4) is 0 Å². The van der Waals surface area contributed by atoms with E-state index in [9.17, 15) is 18.0 Å². The number of benzene rings is 2. The Morgan fingerprint density at radius 3 is 2.50 bits per heavy atom. The van der Waals surface area contributed by atoms with Crippen molar-refractivity contribution in [3.63, 3.8) is 0 Å². The van der Waals surface area contributed by atoms with Crippen LogP contribution in [0.1, 0.15) is 35.2 Å². The van der Waals surface area contributed by atoms with Crippen LogP contribution in [0.2, 0.25) is 0 Å². The first-order chi connectivity index (χ1) is 14.4. The van der Waals surface area contributed by atoms with Crippen LogP contribution in [-0.4, -0.2) is 43.4 Å². The minimum absolute atomic E-state index is 0.0563. The Kier molecular flexibility index (Phi) is 7.23. The third-order valence-corrected chi connectivity index (χ3v) is 7.23. The molecule has 0 bridgehead atoms. The van der Waals surface area contributed by atoms with Crippen molar-refractivity contribution in [1.29, 1.82) is 0 Å². The second-order valence-corrected chi connectivity index (χ2v) is 9.59. The van der Waals surface area contributed by atoms with E-state index in [1.54, 1.807) is 24.3 Å². The van der Waals surface area contributed by atoms with Crippen molar-refractivity contribution >= 4 is 27.5 Å². The smallest absolute Gasteiger partial charge is 0.250 e. The van der Waals surface area contributed by atoms with Crippen LogP contribution < -0.4 is 11.1 Å². The molecular weight excluding hydrogens is 402 g/mol. The van der Waals surface area contributed by atoms with Crippen LogP contribution in [0.25, 0.3) is 0 Å². The van der Waals surface area contributed by atoms with E-state index in [1.165, 1.54) is 4.31 Å². The molecule has 2 amide bonds. The second kappa shape index (κ2) is 9.86. The molecule has 1 saturated heterocycles.